The molecule has 0 spiro atoms. The van der Waals surface area contributed by atoms with Crippen molar-refractivity contribution in [1.82, 2.24) is 0 Å². The Hall–Kier alpha value is -5.98. The number of benzene rings is 9. The van der Waals surface area contributed by atoms with E-state index in [9.17, 15) is 0 Å². The molecule has 49 heavy (non-hydrogen) atoms. The summed E-state index contributed by atoms with van der Waals surface area (Å²) in [6.07, 6.45) is 0. The second-order valence-electron chi connectivity index (χ2n) is 14.0. The molecular formula is C49H34. The first kappa shape index (κ1) is 28.1. The van der Waals surface area contributed by atoms with Gasteiger partial charge in [0.05, 0.1) is 0 Å². The fourth-order valence-electron chi connectivity index (χ4n) is 8.87. The van der Waals surface area contributed by atoms with Crippen LogP contribution in [0, 0.1) is 0 Å². The van der Waals surface area contributed by atoms with E-state index in [4.69, 9.17) is 0 Å². The largest absolute Gasteiger partial charge is 0.0622 e. The van der Waals surface area contributed by atoms with Gasteiger partial charge >= 0.3 is 0 Å². The normalized spacial score (nSPS) is 13.3. The van der Waals surface area contributed by atoms with Gasteiger partial charge in [0.25, 0.3) is 0 Å². The van der Waals surface area contributed by atoms with Crippen molar-refractivity contribution in [3.8, 4) is 44.5 Å². The molecule has 9 aromatic rings. The van der Waals surface area contributed by atoms with Gasteiger partial charge < -0.3 is 0 Å². The summed E-state index contributed by atoms with van der Waals surface area (Å²) in [5, 5.41) is 10.3. The van der Waals surface area contributed by atoms with Crippen LogP contribution in [0.15, 0.2) is 170 Å². The first-order valence-electron chi connectivity index (χ1n) is 17.3. The van der Waals surface area contributed by atoms with Gasteiger partial charge in [-0.15, -0.1) is 0 Å². The lowest BCUT2D eigenvalue weighted by Crippen LogP contribution is -2.15. The fourth-order valence-corrected chi connectivity index (χ4v) is 8.87. The van der Waals surface area contributed by atoms with E-state index >= 15 is 0 Å². The molecule has 0 bridgehead atoms. The molecule has 230 valence electrons. The Labute approximate surface area is 286 Å². The summed E-state index contributed by atoms with van der Waals surface area (Å²) in [6.45, 7) is 4.76. The van der Waals surface area contributed by atoms with Crippen molar-refractivity contribution in [3.63, 3.8) is 0 Å². The molecule has 0 amide bonds. The maximum atomic E-state index is 2.50. The van der Waals surface area contributed by atoms with Gasteiger partial charge in [0.15, 0.2) is 0 Å². The molecule has 0 unspecified atom stereocenters. The fraction of sp³-hybridized carbons (Fsp3) is 0.0612. The maximum absolute atomic E-state index is 2.50. The summed E-state index contributed by atoms with van der Waals surface area (Å²) in [6, 6.07) is 63.0. The highest BCUT2D eigenvalue weighted by atomic mass is 14.4. The highest BCUT2D eigenvalue weighted by molar-refractivity contribution is 6.24. The Bertz CT molecular complexity index is 2720. The SMILES string of the molecule is CC1(C)c2ccccc2-c2c1cc(-c1cccc3c(-c4c5ccccc5c(-c5ccccc5)c5ccccc45)cccc13)c1ccccc21. The minimum Gasteiger partial charge on any atom is -0.0622 e. The van der Waals surface area contributed by atoms with Crippen LogP contribution in [0.2, 0.25) is 0 Å². The predicted molar refractivity (Wildman–Crippen MR) is 210 cm³/mol. The van der Waals surface area contributed by atoms with E-state index < -0.39 is 0 Å². The molecule has 10 rings (SSSR count). The van der Waals surface area contributed by atoms with Crippen LogP contribution in [0.5, 0.6) is 0 Å². The lowest BCUT2D eigenvalue weighted by Gasteiger charge is -2.23. The minimum atomic E-state index is -0.0845. The van der Waals surface area contributed by atoms with Gasteiger partial charge in [0.1, 0.15) is 0 Å². The van der Waals surface area contributed by atoms with Gasteiger partial charge in [0, 0.05) is 5.41 Å². The molecule has 0 radical (unpaired) electrons. The van der Waals surface area contributed by atoms with Crippen molar-refractivity contribution in [3.05, 3.63) is 181 Å². The average molecular weight is 623 g/mol. The van der Waals surface area contributed by atoms with Crippen molar-refractivity contribution in [2.24, 2.45) is 0 Å². The summed E-state index contributed by atoms with van der Waals surface area (Å²) in [7, 11) is 0. The van der Waals surface area contributed by atoms with Crippen LogP contribution in [0.25, 0.3) is 87.6 Å². The minimum absolute atomic E-state index is 0.0845. The first-order valence-corrected chi connectivity index (χ1v) is 17.3. The van der Waals surface area contributed by atoms with Crippen LogP contribution in [0.3, 0.4) is 0 Å². The van der Waals surface area contributed by atoms with Gasteiger partial charge in [-0.05, 0) is 105 Å². The van der Waals surface area contributed by atoms with Crippen LogP contribution >= 0.6 is 0 Å². The predicted octanol–water partition coefficient (Wildman–Crippen LogP) is 13.6. The molecule has 0 heteroatoms. The molecule has 0 saturated carbocycles. The monoisotopic (exact) mass is 622 g/mol. The molecule has 0 nitrogen and oxygen atoms in total. The zero-order valence-corrected chi connectivity index (χ0v) is 27.7. The molecular weight excluding hydrogens is 589 g/mol. The summed E-state index contributed by atoms with van der Waals surface area (Å²) in [4.78, 5) is 0. The van der Waals surface area contributed by atoms with E-state index in [-0.39, 0.29) is 5.41 Å². The Balaban J connectivity index is 1.28. The average Bonchev–Trinajstić information content (AvgIpc) is 3.39. The Morgan fingerprint density at radius 2 is 0.714 bits per heavy atom. The quantitative estimate of drug-likeness (QED) is 0.172. The molecule has 1 aliphatic rings. The van der Waals surface area contributed by atoms with Crippen molar-refractivity contribution in [1.29, 1.82) is 0 Å². The first-order chi connectivity index (χ1) is 24.1. The molecule has 0 atom stereocenters. The lowest BCUT2D eigenvalue weighted by atomic mass is 9.80. The van der Waals surface area contributed by atoms with Crippen LogP contribution in [0.1, 0.15) is 25.0 Å². The lowest BCUT2D eigenvalue weighted by molar-refractivity contribution is 0.661. The third-order valence-corrected chi connectivity index (χ3v) is 11.1. The number of hydrogen-bond acceptors (Lipinski definition) is 0. The summed E-state index contributed by atoms with van der Waals surface area (Å²) in [5.41, 5.74) is 13.2. The Kier molecular flexibility index (Phi) is 6.02. The van der Waals surface area contributed by atoms with E-state index in [2.05, 4.69) is 184 Å². The molecule has 0 fully saturated rings. The van der Waals surface area contributed by atoms with Crippen molar-refractivity contribution >= 4 is 43.1 Å². The van der Waals surface area contributed by atoms with E-state index in [1.165, 1.54) is 98.7 Å². The van der Waals surface area contributed by atoms with E-state index in [1.54, 1.807) is 0 Å². The number of hydrogen-bond donors (Lipinski definition) is 0. The zero-order valence-electron chi connectivity index (χ0n) is 27.7. The standard InChI is InChI=1S/C49H34/c1-49(2)44-29-13-12-24-42(44)48-37-19-7-6-18-35(37)43(30-45(48)49)34-27-14-26-33-32(34)25-15-28-36(33)47-40-22-10-8-20-38(40)46(31-16-4-3-5-17-31)39-21-9-11-23-41(39)47/h3-30H,1-2H3. The summed E-state index contributed by atoms with van der Waals surface area (Å²) < 4.78 is 0. The van der Waals surface area contributed by atoms with E-state index in [1.807, 2.05) is 0 Å². The third-order valence-electron chi connectivity index (χ3n) is 11.1. The van der Waals surface area contributed by atoms with Gasteiger partial charge in [-0.25, -0.2) is 0 Å². The second-order valence-corrected chi connectivity index (χ2v) is 14.0. The van der Waals surface area contributed by atoms with Crippen LogP contribution < -0.4 is 0 Å². The molecule has 0 aliphatic heterocycles. The van der Waals surface area contributed by atoms with E-state index in [0.29, 0.717) is 0 Å². The highest BCUT2D eigenvalue weighted by Crippen LogP contribution is 2.54. The Morgan fingerprint density at radius 1 is 0.286 bits per heavy atom. The Morgan fingerprint density at radius 3 is 1.37 bits per heavy atom. The summed E-state index contributed by atoms with van der Waals surface area (Å²) in [5.74, 6) is 0. The zero-order chi connectivity index (χ0) is 32.7. The molecule has 9 aromatic carbocycles. The molecule has 1 aliphatic carbocycles. The maximum Gasteiger partial charge on any atom is 0.0159 e. The van der Waals surface area contributed by atoms with E-state index in [0.717, 1.165) is 0 Å². The van der Waals surface area contributed by atoms with Crippen LogP contribution in [0.4, 0.5) is 0 Å². The molecule has 0 heterocycles. The van der Waals surface area contributed by atoms with Gasteiger partial charge in [0.2, 0.25) is 0 Å². The van der Waals surface area contributed by atoms with Crippen LogP contribution in [-0.2, 0) is 5.41 Å². The smallest absolute Gasteiger partial charge is 0.0159 e. The van der Waals surface area contributed by atoms with Gasteiger partial charge in [-0.3, -0.25) is 0 Å². The van der Waals surface area contributed by atoms with Gasteiger partial charge in [-0.2, -0.15) is 0 Å². The summed E-state index contributed by atoms with van der Waals surface area (Å²) >= 11 is 0. The van der Waals surface area contributed by atoms with Crippen molar-refractivity contribution < 1.29 is 0 Å². The molecule has 0 aromatic heterocycles. The topological polar surface area (TPSA) is 0 Å². The third kappa shape index (κ3) is 3.98. The number of fused-ring (bicyclic) bond motifs is 8. The molecule has 0 N–H and O–H groups in total. The van der Waals surface area contributed by atoms with Crippen molar-refractivity contribution in [2.45, 2.75) is 19.3 Å². The van der Waals surface area contributed by atoms with Gasteiger partial charge in [-0.1, -0.05) is 178 Å². The second kappa shape index (κ2) is 10.5. The van der Waals surface area contributed by atoms with Crippen molar-refractivity contribution in [2.75, 3.05) is 0 Å². The highest BCUT2D eigenvalue weighted by Gasteiger charge is 2.37. The number of rotatable bonds is 3. The van der Waals surface area contributed by atoms with Crippen LogP contribution in [-0.4, -0.2) is 0 Å². The molecule has 0 saturated heterocycles.